The van der Waals surface area contributed by atoms with Gasteiger partial charge in [-0.05, 0) is 55.3 Å². The van der Waals surface area contributed by atoms with E-state index in [2.05, 4.69) is 69.2 Å². The summed E-state index contributed by atoms with van der Waals surface area (Å²) in [6.07, 6.45) is 3.95. The molecule has 0 saturated carbocycles. The Kier molecular flexibility index (Phi) is 9.50. The van der Waals surface area contributed by atoms with Gasteiger partial charge in [-0.25, -0.2) is 0 Å². The molecular formula is C26H35BrN4O2. The fourth-order valence-corrected chi connectivity index (χ4v) is 4.64. The number of nitrogens with two attached hydrogens (primary N) is 1. The van der Waals surface area contributed by atoms with Crippen molar-refractivity contribution in [2.75, 3.05) is 52.1 Å². The Hall–Kier alpha value is -2.19. The molecular weight excluding hydrogens is 480 g/mol. The van der Waals surface area contributed by atoms with Crippen LogP contribution in [0.2, 0.25) is 0 Å². The van der Waals surface area contributed by atoms with Crippen molar-refractivity contribution in [3.8, 4) is 0 Å². The molecule has 2 aromatic carbocycles. The van der Waals surface area contributed by atoms with Crippen LogP contribution in [0.25, 0.3) is 5.57 Å². The molecule has 2 aliphatic rings. The van der Waals surface area contributed by atoms with Crippen molar-refractivity contribution in [3.05, 3.63) is 69.7 Å². The number of amides is 1. The molecule has 2 heterocycles. The number of likely N-dealkylation sites (N-methyl/N-ethyl adjacent to an activating group) is 1. The van der Waals surface area contributed by atoms with Crippen LogP contribution >= 0.6 is 15.9 Å². The van der Waals surface area contributed by atoms with Crippen LogP contribution < -0.4 is 5.73 Å². The summed E-state index contributed by atoms with van der Waals surface area (Å²) in [5.74, 6) is 0. The zero-order valence-electron chi connectivity index (χ0n) is 19.6. The van der Waals surface area contributed by atoms with Gasteiger partial charge in [0, 0.05) is 61.6 Å². The number of rotatable bonds is 5. The van der Waals surface area contributed by atoms with Gasteiger partial charge in [-0.1, -0.05) is 46.3 Å². The van der Waals surface area contributed by atoms with E-state index in [-0.39, 0.29) is 12.6 Å². The minimum atomic E-state index is -0.0673. The summed E-state index contributed by atoms with van der Waals surface area (Å²) in [4.78, 5) is 18.5. The summed E-state index contributed by atoms with van der Waals surface area (Å²) < 4.78 is 1.01. The third-order valence-corrected chi connectivity index (χ3v) is 6.67. The number of carbonyl (C=O) groups is 1. The predicted octanol–water partition coefficient (Wildman–Crippen LogP) is 3.76. The molecule has 1 saturated heterocycles. The van der Waals surface area contributed by atoms with Gasteiger partial charge in [0.15, 0.2) is 0 Å². The second kappa shape index (κ2) is 12.3. The summed E-state index contributed by atoms with van der Waals surface area (Å²) in [5.41, 5.74) is 11.7. The highest BCUT2D eigenvalue weighted by atomic mass is 79.9. The van der Waals surface area contributed by atoms with Crippen LogP contribution in [0.4, 0.5) is 5.69 Å². The molecule has 6 nitrogen and oxygen atoms in total. The minimum absolute atomic E-state index is 0.0673. The molecule has 1 fully saturated rings. The number of hydrogen-bond acceptors (Lipinski definition) is 5. The summed E-state index contributed by atoms with van der Waals surface area (Å²) in [5, 5.41) is 7.57. The van der Waals surface area contributed by atoms with Gasteiger partial charge >= 0.3 is 0 Å². The molecule has 0 aromatic heterocycles. The van der Waals surface area contributed by atoms with Crippen LogP contribution in [0.3, 0.4) is 0 Å². The molecule has 0 aliphatic carbocycles. The number of anilines is 1. The topological polar surface area (TPSA) is 73.0 Å². The molecule has 4 rings (SSSR count). The monoisotopic (exact) mass is 514 g/mol. The SMILES string of the molecule is CCO.CN1CCN(Cc2ccc(C3C=C(c4cc(Br)ccc4N)CCN3C=O)cc2)CC1. The minimum Gasteiger partial charge on any atom is -0.398 e. The second-order valence-corrected chi connectivity index (χ2v) is 9.51. The van der Waals surface area contributed by atoms with Crippen molar-refractivity contribution >= 4 is 33.6 Å². The highest BCUT2D eigenvalue weighted by molar-refractivity contribution is 9.10. The average molecular weight is 515 g/mol. The van der Waals surface area contributed by atoms with Gasteiger partial charge in [-0.3, -0.25) is 9.69 Å². The molecule has 0 bridgehead atoms. The zero-order chi connectivity index (χ0) is 23.8. The molecule has 1 amide bonds. The third-order valence-electron chi connectivity index (χ3n) is 6.18. The fraction of sp³-hybridized carbons (Fsp3) is 0.423. The average Bonchev–Trinajstić information content (AvgIpc) is 2.83. The third kappa shape index (κ3) is 6.90. The lowest BCUT2D eigenvalue weighted by molar-refractivity contribution is -0.119. The first kappa shape index (κ1) is 25.4. The maximum atomic E-state index is 11.7. The van der Waals surface area contributed by atoms with E-state index in [0.717, 1.165) is 66.8 Å². The Balaban J connectivity index is 0.000000968. The maximum absolute atomic E-state index is 11.7. The number of hydrogen-bond donors (Lipinski definition) is 2. The lowest BCUT2D eigenvalue weighted by Gasteiger charge is -2.33. The van der Waals surface area contributed by atoms with Gasteiger partial charge in [0.25, 0.3) is 0 Å². The van der Waals surface area contributed by atoms with Crippen LogP contribution in [0.15, 0.2) is 53.0 Å². The Morgan fingerprint density at radius 2 is 1.76 bits per heavy atom. The molecule has 0 radical (unpaired) electrons. The summed E-state index contributed by atoms with van der Waals surface area (Å²) in [6.45, 7) is 8.07. The van der Waals surface area contributed by atoms with Gasteiger partial charge in [-0.2, -0.15) is 0 Å². The molecule has 33 heavy (non-hydrogen) atoms. The molecule has 3 N–H and O–H groups in total. The van der Waals surface area contributed by atoms with Crippen molar-refractivity contribution in [2.24, 2.45) is 0 Å². The number of aliphatic hydroxyl groups excluding tert-OH is 1. The first-order valence-electron chi connectivity index (χ1n) is 11.5. The van der Waals surface area contributed by atoms with E-state index in [1.807, 2.05) is 17.0 Å². The summed E-state index contributed by atoms with van der Waals surface area (Å²) >= 11 is 3.54. The van der Waals surface area contributed by atoms with Crippen LogP contribution in [-0.4, -0.2) is 72.6 Å². The lowest BCUT2D eigenvalue weighted by Crippen LogP contribution is -2.43. The van der Waals surface area contributed by atoms with E-state index in [1.165, 1.54) is 11.1 Å². The van der Waals surface area contributed by atoms with E-state index in [1.54, 1.807) is 6.92 Å². The molecule has 2 aromatic rings. The fourth-order valence-electron chi connectivity index (χ4n) is 4.28. The first-order valence-corrected chi connectivity index (χ1v) is 12.3. The van der Waals surface area contributed by atoms with Crippen LogP contribution in [-0.2, 0) is 11.3 Å². The van der Waals surface area contributed by atoms with E-state index >= 15 is 0 Å². The van der Waals surface area contributed by atoms with Crippen molar-refractivity contribution in [2.45, 2.75) is 25.9 Å². The smallest absolute Gasteiger partial charge is 0.210 e. The van der Waals surface area contributed by atoms with E-state index in [9.17, 15) is 4.79 Å². The van der Waals surface area contributed by atoms with Crippen molar-refractivity contribution in [3.63, 3.8) is 0 Å². The molecule has 1 atom stereocenters. The van der Waals surface area contributed by atoms with Crippen molar-refractivity contribution < 1.29 is 9.90 Å². The first-order chi connectivity index (χ1) is 15.9. The Morgan fingerprint density at radius 3 is 2.39 bits per heavy atom. The molecule has 178 valence electrons. The van der Waals surface area contributed by atoms with Gasteiger partial charge in [0.05, 0.1) is 6.04 Å². The Bertz CT molecular complexity index is 940. The predicted molar refractivity (Wildman–Crippen MR) is 139 cm³/mol. The van der Waals surface area contributed by atoms with Crippen LogP contribution in [0.1, 0.15) is 36.1 Å². The van der Waals surface area contributed by atoms with Crippen molar-refractivity contribution in [1.82, 2.24) is 14.7 Å². The zero-order valence-corrected chi connectivity index (χ0v) is 21.2. The normalized spacial score (nSPS) is 19.5. The molecule has 7 heteroatoms. The van der Waals surface area contributed by atoms with E-state index in [0.29, 0.717) is 6.54 Å². The van der Waals surface area contributed by atoms with Crippen molar-refractivity contribution in [1.29, 1.82) is 0 Å². The number of carbonyl (C=O) groups excluding carboxylic acids is 1. The number of piperazine rings is 1. The highest BCUT2D eigenvalue weighted by Gasteiger charge is 2.24. The lowest BCUT2D eigenvalue weighted by atomic mass is 9.91. The van der Waals surface area contributed by atoms with Crippen LogP contribution in [0, 0.1) is 0 Å². The Morgan fingerprint density at radius 1 is 1.09 bits per heavy atom. The number of benzene rings is 2. The van der Waals surface area contributed by atoms with Gasteiger partial charge in [0.2, 0.25) is 6.41 Å². The molecule has 2 aliphatic heterocycles. The van der Waals surface area contributed by atoms with Gasteiger partial charge in [-0.15, -0.1) is 0 Å². The highest BCUT2D eigenvalue weighted by Crippen LogP contribution is 2.36. The number of aliphatic hydroxyl groups is 1. The second-order valence-electron chi connectivity index (χ2n) is 8.60. The summed E-state index contributed by atoms with van der Waals surface area (Å²) in [7, 11) is 2.18. The summed E-state index contributed by atoms with van der Waals surface area (Å²) in [6, 6.07) is 14.6. The standard InChI is InChI=1S/C24H29BrN4O.C2H6O/c1-27-10-12-28(13-11-27)16-18-2-4-19(5-3-18)24-14-20(8-9-29(24)17-30)22-15-21(25)6-7-23(22)26;1-2-3/h2-7,14-15,17,24H,8-13,16,26H2,1H3;3H,2H2,1H3. The molecule has 1 unspecified atom stereocenters. The van der Waals surface area contributed by atoms with E-state index in [4.69, 9.17) is 10.8 Å². The largest absolute Gasteiger partial charge is 0.398 e. The van der Waals surface area contributed by atoms with Crippen LogP contribution in [0.5, 0.6) is 0 Å². The van der Waals surface area contributed by atoms with Gasteiger partial charge in [0.1, 0.15) is 0 Å². The van der Waals surface area contributed by atoms with E-state index < -0.39 is 0 Å². The number of halogens is 1. The molecule has 0 spiro atoms. The quantitative estimate of drug-likeness (QED) is 0.469. The Labute approximate surface area is 205 Å². The number of nitrogens with zero attached hydrogens (tertiary/aromatic N) is 3. The maximum Gasteiger partial charge on any atom is 0.210 e. The number of nitrogen functional groups attached to an aromatic ring is 1. The van der Waals surface area contributed by atoms with Gasteiger partial charge < -0.3 is 20.6 Å².